The summed E-state index contributed by atoms with van der Waals surface area (Å²) in [4.78, 5) is 61.8. The van der Waals surface area contributed by atoms with Crippen molar-refractivity contribution in [2.75, 3.05) is 126 Å². The number of anilines is 3. The van der Waals surface area contributed by atoms with E-state index in [1.165, 1.54) is 40.6 Å². The van der Waals surface area contributed by atoms with Crippen molar-refractivity contribution in [2.45, 2.75) is 84.7 Å². The van der Waals surface area contributed by atoms with E-state index in [-0.39, 0.29) is 22.1 Å². The van der Waals surface area contributed by atoms with Crippen molar-refractivity contribution in [1.29, 1.82) is 0 Å². The number of allylic oxidation sites excluding steroid dienone is 2. The van der Waals surface area contributed by atoms with E-state index in [4.69, 9.17) is 21.1 Å². The minimum absolute atomic E-state index is 0.0241. The Bertz CT molecular complexity index is 3790. The number of hydrogen-bond donors (Lipinski definition) is 4. The van der Waals surface area contributed by atoms with Gasteiger partial charge in [-0.25, -0.2) is 21.6 Å². The molecule has 5 aliphatic rings. The largest absolute Gasteiger partial charge is 0.501 e. The third kappa shape index (κ3) is 17.4. The molecule has 3 fully saturated rings. The predicted molar refractivity (Wildman–Crippen MR) is 355 cm³/mol. The maximum Gasteiger partial charge on any atom is 0.501 e. The zero-order valence-electron chi connectivity index (χ0n) is 52.2. The number of piperazine rings is 2. The molecule has 93 heavy (non-hydrogen) atoms. The normalized spacial score (nSPS) is 19.0. The molecule has 4 heterocycles. The lowest BCUT2D eigenvalue weighted by atomic mass is 9.73. The Morgan fingerprint density at radius 2 is 1.45 bits per heavy atom. The van der Waals surface area contributed by atoms with E-state index in [0.717, 1.165) is 79.6 Å². The lowest BCUT2D eigenvalue weighted by molar-refractivity contribution is -0.125. The number of carbonyl (C=O) groups excluding carboxylic acids is 4. The van der Waals surface area contributed by atoms with E-state index in [1.807, 2.05) is 47.2 Å². The molecule has 4 aliphatic heterocycles. The average molecular weight is 1360 g/mol. The molecule has 0 radical (unpaired) electrons. The summed E-state index contributed by atoms with van der Waals surface area (Å²) >= 11 is 7.65. The fraction of sp³-hybridized carbons (Fsp3) is 0.433. The molecule has 3 saturated heterocycles. The zero-order chi connectivity index (χ0) is 66.1. The van der Waals surface area contributed by atoms with E-state index >= 15 is 0 Å². The lowest BCUT2D eigenvalue weighted by Crippen LogP contribution is -2.51. The third-order valence-corrected chi connectivity index (χ3v) is 21.9. The first-order valence-corrected chi connectivity index (χ1v) is 35.6. The van der Waals surface area contributed by atoms with Gasteiger partial charge in [0.2, 0.25) is 5.91 Å². The van der Waals surface area contributed by atoms with Gasteiger partial charge in [0.15, 0.2) is 0 Å². The number of ether oxygens (including phenoxy) is 2. The van der Waals surface area contributed by atoms with Crippen molar-refractivity contribution >= 4 is 89.5 Å². The molecular formula is C67H79ClF3N9O10S3. The van der Waals surface area contributed by atoms with Crippen LogP contribution >= 0.6 is 23.4 Å². The monoisotopic (exact) mass is 1360 g/mol. The van der Waals surface area contributed by atoms with Crippen LogP contribution in [-0.4, -0.2) is 188 Å². The number of sulfonamides is 1. The predicted octanol–water partition coefficient (Wildman–Crippen LogP) is 9.65. The van der Waals surface area contributed by atoms with Gasteiger partial charge in [-0.15, -0.1) is 11.8 Å². The molecule has 0 aromatic heterocycles. The molecule has 0 spiro atoms. The van der Waals surface area contributed by atoms with Gasteiger partial charge in [0.1, 0.15) is 10.9 Å². The highest BCUT2D eigenvalue weighted by Gasteiger charge is 2.49. The molecule has 26 heteroatoms. The highest BCUT2D eigenvalue weighted by molar-refractivity contribution is 7.99. The standard InChI is InChI=1S/C67H79ClF3N9O10S3/c1-46-12-23-59(63(82)73-46)80-64(83)56-10-7-11-58(61(56)65(80)84)72-27-38-89-40-41-90-39-37-77-31-29-76(30-32-77)28-25-51(45-91-53-8-5-4-6-9-53)74-57-22-21-54(42-60(57)92(85,86)67(69,70)71)93(87,88)75-62(81)48-15-19-52(20-16-48)79-35-33-78(34-36-79)44-49-43-66(2,3)26-24-55(49)47-13-17-50(68)18-14-47/h4-11,13-22,42,51,59,72,74H,1,12,23-41,43-45H2,2-3H3,(H,73,82)(H,75,81)/t51-,59?/m1/s1. The van der Waals surface area contributed by atoms with Crippen LogP contribution < -0.4 is 25.6 Å². The molecule has 4 amide bonds. The summed E-state index contributed by atoms with van der Waals surface area (Å²) in [6.07, 6.45) is 4.27. The minimum atomic E-state index is -6.14. The second-order valence-electron chi connectivity index (χ2n) is 24.7. The summed E-state index contributed by atoms with van der Waals surface area (Å²) in [5, 5.41) is 9.57. The van der Waals surface area contributed by atoms with Crippen LogP contribution in [-0.2, 0) is 34.1 Å². The molecular weight excluding hydrogens is 1280 g/mol. The molecule has 0 bridgehead atoms. The highest BCUT2D eigenvalue weighted by atomic mass is 35.5. The van der Waals surface area contributed by atoms with E-state index in [0.29, 0.717) is 120 Å². The van der Waals surface area contributed by atoms with Gasteiger partial charge in [-0.2, -0.15) is 13.2 Å². The summed E-state index contributed by atoms with van der Waals surface area (Å²) in [6, 6.07) is 29.7. The van der Waals surface area contributed by atoms with Gasteiger partial charge in [-0.3, -0.25) is 33.9 Å². The molecule has 19 nitrogen and oxygen atoms in total. The number of imide groups is 1. The van der Waals surface area contributed by atoms with Crippen LogP contribution in [0.4, 0.5) is 30.2 Å². The number of halogens is 4. The second-order valence-corrected chi connectivity index (χ2v) is 29.8. The maximum absolute atomic E-state index is 14.5. The Labute approximate surface area is 551 Å². The van der Waals surface area contributed by atoms with E-state index in [2.05, 4.69) is 68.1 Å². The minimum Gasteiger partial charge on any atom is -0.382 e. The molecule has 5 aromatic rings. The Balaban J connectivity index is 0.687. The summed E-state index contributed by atoms with van der Waals surface area (Å²) < 4.78 is 111. The number of amides is 4. The number of benzene rings is 5. The van der Waals surface area contributed by atoms with E-state index in [1.54, 1.807) is 30.3 Å². The summed E-state index contributed by atoms with van der Waals surface area (Å²) in [7, 11) is -11.0. The topological polar surface area (TPSA) is 219 Å². The molecule has 5 aromatic carbocycles. The van der Waals surface area contributed by atoms with Gasteiger partial charge < -0.3 is 35.2 Å². The van der Waals surface area contributed by atoms with Gasteiger partial charge in [0.25, 0.3) is 37.6 Å². The lowest BCUT2D eigenvalue weighted by Gasteiger charge is -2.39. The molecule has 10 rings (SSSR count). The number of hydrogen-bond acceptors (Lipinski definition) is 17. The molecule has 498 valence electrons. The number of sulfone groups is 1. The summed E-state index contributed by atoms with van der Waals surface area (Å²) in [5.74, 6) is -2.20. The van der Waals surface area contributed by atoms with E-state index < -0.39 is 76.6 Å². The fourth-order valence-corrected chi connectivity index (χ4v) is 15.6. The van der Waals surface area contributed by atoms with Gasteiger partial charge >= 0.3 is 5.51 Å². The maximum atomic E-state index is 14.5. The van der Waals surface area contributed by atoms with Crippen molar-refractivity contribution in [2.24, 2.45) is 5.41 Å². The van der Waals surface area contributed by atoms with Gasteiger partial charge in [0.05, 0.1) is 48.1 Å². The van der Waals surface area contributed by atoms with Crippen LogP contribution in [0.2, 0.25) is 5.02 Å². The van der Waals surface area contributed by atoms with Crippen LogP contribution in [0.1, 0.15) is 89.0 Å². The van der Waals surface area contributed by atoms with Gasteiger partial charge in [-0.05, 0) is 134 Å². The van der Waals surface area contributed by atoms with Crippen molar-refractivity contribution in [3.05, 3.63) is 160 Å². The van der Waals surface area contributed by atoms with Crippen LogP contribution in [0.15, 0.2) is 148 Å². The molecule has 1 unspecified atom stereocenters. The second kappa shape index (κ2) is 30.3. The number of piperidine rings is 1. The molecule has 1 aliphatic carbocycles. The molecule has 2 atom stereocenters. The van der Waals surface area contributed by atoms with Crippen LogP contribution in [0.3, 0.4) is 0 Å². The first-order valence-electron chi connectivity index (χ1n) is 31.3. The van der Waals surface area contributed by atoms with Crippen molar-refractivity contribution in [1.82, 2.24) is 29.6 Å². The number of fused-ring (bicyclic) bond motifs is 1. The summed E-state index contributed by atoms with van der Waals surface area (Å²) in [6.45, 7) is 18.0. The summed E-state index contributed by atoms with van der Waals surface area (Å²) in [5.41, 5.74) is 0.281. The number of nitrogens with zero attached hydrogens (tertiary/aromatic N) is 5. The fourth-order valence-electron chi connectivity index (χ4n) is 12.4. The number of alkyl halides is 3. The van der Waals surface area contributed by atoms with Gasteiger partial charge in [0, 0.05) is 123 Å². The Hall–Kier alpha value is -6.81. The number of rotatable bonds is 27. The Kier molecular flexibility index (Phi) is 22.5. The smallest absolute Gasteiger partial charge is 0.382 e. The first kappa shape index (κ1) is 69.0. The zero-order valence-corrected chi connectivity index (χ0v) is 55.4. The van der Waals surface area contributed by atoms with Crippen molar-refractivity contribution in [3.63, 3.8) is 0 Å². The van der Waals surface area contributed by atoms with Crippen LogP contribution in [0, 0.1) is 5.41 Å². The van der Waals surface area contributed by atoms with E-state index in [9.17, 15) is 49.2 Å². The molecule has 0 saturated carbocycles. The first-order chi connectivity index (χ1) is 44.4. The number of thioether (sulfide) groups is 1. The quantitative estimate of drug-likeness (QED) is 0.0218. The average Bonchev–Trinajstić information content (AvgIpc) is 1.72. The number of nitrogens with one attached hydrogen (secondary N) is 4. The Morgan fingerprint density at radius 1 is 0.774 bits per heavy atom. The van der Waals surface area contributed by atoms with Crippen molar-refractivity contribution < 1.29 is 58.7 Å². The third-order valence-electron chi connectivity index (χ3n) is 17.6. The molecule has 4 N–H and O–H groups in total. The van der Waals surface area contributed by atoms with Crippen LogP contribution in [0.5, 0.6) is 0 Å². The van der Waals surface area contributed by atoms with Crippen LogP contribution in [0.25, 0.3) is 5.57 Å². The van der Waals surface area contributed by atoms with Crippen molar-refractivity contribution in [3.8, 4) is 0 Å². The Morgan fingerprint density at radius 3 is 2.14 bits per heavy atom. The number of carbonyl (C=O) groups is 4. The highest BCUT2D eigenvalue weighted by Crippen LogP contribution is 2.43. The SMILES string of the molecule is C=C1CCC(N2C(=O)c3cccc(NCCOCCOCCN4CCN(CC[C@H](CSc5ccccc5)Nc5ccc(S(=O)(=O)NC(=O)c6ccc(N7CCN(CC8=C(c9ccc(Cl)cc9)CCC(C)(C)C8)CC7)cc6)cc5S(=O)(=O)C(F)(F)F)CC4)c3C2=O)C(=O)N1. The van der Waals surface area contributed by atoms with Gasteiger partial charge in [-0.1, -0.05) is 74.0 Å².